The minimum absolute atomic E-state index is 0.0210. The van der Waals surface area contributed by atoms with Crippen molar-refractivity contribution in [1.29, 1.82) is 0 Å². The Hall–Kier alpha value is -3.77. The van der Waals surface area contributed by atoms with E-state index >= 15 is 0 Å². The standard InChI is InChI=1S/C24H18N4OS/c25-24(30)27-26-21-19-11-5-6-12-20(19)28(23(21)29)22-17-9-3-1-7-15(17)13-14-16-8-2-4-10-18(16)22/h1-14,22,29H,(H2,25,30). The Labute approximate surface area is 178 Å². The molecule has 0 fully saturated rings. The van der Waals surface area contributed by atoms with E-state index in [-0.39, 0.29) is 17.0 Å². The molecule has 5 rings (SSSR count). The summed E-state index contributed by atoms with van der Waals surface area (Å²) in [5.74, 6) is 0.0210. The zero-order chi connectivity index (χ0) is 20.7. The zero-order valence-electron chi connectivity index (χ0n) is 15.9. The van der Waals surface area contributed by atoms with E-state index < -0.39 is 0 Å². The van der Waals surface area contributed by atoms with Gasteiger partial charge in [-0.2, -0.15) is 0 Å². The van der Waals surface area contributed by atoms with E-state index in [4.69, 9.17) is 18.0 Å². The van der Waals surface area contributed by atoms with Gasteiger partial charge in [-0.25, -0.2) is 0 Å². The number of para-hydroxylation sites is 1. The molecule has 0 saturated carbocycles. The fraction of sp³-hybridized carbons (Fsp3) is 0.0417. The van der Waals surface area contributed by atoms with Crippen LogP contribution < -0.4 is 5.73 Å². The fourth-order valence-corrected chi connectivity index (χ4v) is 4.18. The van der Waals surface area contributed by atoms with Crippen LogP contribution in [0, 0.1) is 0 Å². The highest BCUT2D eigenvalue weighted by Gasteiger charge is 2.28. The number of hydrogen-bond donors (Lipinski definition) is 2. The second-order valence-corrected chi connectivity index (χ2v) is 7.51. The molecule has 6 heteroatoms. The van der Waals surface area contributed by atoms with Crippen LogP contribution in [0.25, 0.3) is 23.1 Å². The summed E-state index contributed by atoms with van der Waals surface area (Å²) in [7, 11) is 0. The summed E-state index contributed by atoms with van der Waals surface area (Å²) in [4.78, 5) is 0. The number of aromatic nitrogens is 1. The number of aromatic hydroxyl groups is 1. The number of rotatable bonds is 2. The molecule has 5 nitrogen and oxygen atoms in total. The molecule has 0 radical (unpaired) electrons. The second kappa shape index (κ2) is 7.24. The lowest BCUT2D eigenvalue weighted by Crippen LogP contribution is -2.13. The van der Waals surface area contributed by atoms with Crippen molar-refractivity contribution < 1.29 is 5.11 Å². The van der Waals surface area contributed by atoms with Gasteiger partial charge in [0, 0.05) is 5.39 Å². The Kier molecular flexibility index (Phi) is 4.41. The third-order valence-electron chi connectivity index (χ3n) is 5.39. The highest BCUT2D eigenvalue weighted by atomic mass is 32.1. The van der Waals surface area contributed by atoms with Crippen molar-refractivity contribution in [3.8, 4) is 5.88 Å². The van der Waals surface area contributed by atoms with Crippen molar-refractivity contribution in [2.24, 2.45) is 16.0 Å². The van der Waals surface area contributed by atoms with Gasteiger partial charge in [0.1, 0.15) is 0 Å². The van der Waals surface area contributed by atoms with E-state index in [1.165, 1.54) is 0 Å². The lowest BCUT2D eigenvalue weighted by molar-refractivity contribution is 0.418. The summed E-state index contributed by atoms with van der Waals surface area (Å²) in [6.07, 6.45) is 4.23. The maximum atomic E-state index is 11.3. The van der Waals surface area contributed by atoms with Gasteiger partial charge in [-0.15, -0.1) is 10.2 Å². The molecule has 1 heterocycles. The molecule has 0 spiro atoms. The SMILES string of the molecule is NC(=S)N=Nc1c(O)n(C2c3ccccc3C=Cc3ccccc32)c2ccccc12. The molecule has 0 aliphatic heterocycles. The molecule has 1 aromatic heterocycles. The molecule has 1 aliphatic carbocycles. The third-order valence-corrected chi connectivity index (χ3v) is 5.47. The lowest BCUT2D eigenvalue weighted by Gasteiger charge is -2.24. The van der Waals surface area contributed by atoms with Crippen LogP contribution in [-0.2, 0) is 0 Å². The normalized spacial score (nSPS) is 13.3. The van der Waals surface area contributed by atoms with Gasteiger partial charge in [-0.1, -0.05) is 78.9 Å². The molecule has 146 valence electrons. The number of benzene rings is 3. The summed E-state index contributed by atoms with van der Waals surface area (Å²) in [5.41, 5.74) is 11.1. The highest BCUT2D eigenvalue weighted by molar-refractivity contribution is 7.80. The summed E-state index contributed by atoms with van der Waals surface area (Å²) in [6.45, 7) is 0. The van der Waals surface area contributed by atoms with Crippen LogP contribution in [0.2, 0.25) is 0 Å². The van der Waals surface area contributed by atoms with Gasteiger partial charge in [-0.05, 0) is 40.5 Å². The van der Waals surface area contributed by atoms with Crippen LogP contribution in [-0.4, -0.2) is 14.8 Å². The Balaban J connectivity index is 1.86. The molecule has 0 amide bonds. The summed E-state index contributed by atoms with van der Waals surface area (Å²) >= 11 is 4.84. The maximum absolute atomic E-state index is 11.3. The predicted molar refractivity (Wildman–Crippen MR) is 124 cm³/mol. The zero-order valence-corrected chi connectivity index (χ0v) is 16.8. The molecule has 30 heavy (non-hydrogen) atoms. The van der Waals surface area contributed by atoms with Crippen LogP contribution in [0.5, 0.6) is 5.88 Å². The molecular weight excluding hydrogens is 392 g/mol. The Morgan fingerprint density at radius 2 is 1.43 bits per heavy atom. The largest absolute Gasteiger partial charge is 0.493 e. The number of azo groups is 1. The van der Waals surface area contributed by atoms with Crippen LogP contribution in [0.1, 0.15) is 28.3 Å². The molecule has 0 unspecified atom stereocenters. The van der Waals surface area contributed by atoms with Gasteiger partial charge >= 0.3 is 0 Å². The highest BCUT2D eigenvalue weighted by Crippen LogP contribution is 2.46. The van der Waals surface area contributed by atoms with Crippen molar-refractivity contribution in [3.63, 3.8) is 0 Å². The van der Waals surface area contributed by atoms with Crippen LogP contribution in [0.4, 0.5) is 5.69 Å². The minimum atomic E-state index is -0.244. The Morgan fingerprint density at radius 3 is 2.07 bits per heavy atom. The topological polar surface area (TPSA) is 75.9 Å². The summed E-state index contributed by atoms with van der Waals surface area (Å²) in [6, 6.07) is 23.9. The summed E-state index contributed by atoms with van der Waals surface area (Å²) in [5, 5.41) is 20.0. The Bertz CT molecular complexity index is 1300. The van der Waals surface area contributed by atoms with E-state index in [2.05, 4.69) is 46.6 Å². The van der Waals surface area contributed by atoms with E-state index in [1.54, 1.807) is 0 Å². The van der Waals surface area contributed by atoms with Gasteiger partial charge in [0.25, 0.3) is 0 Å². The predicted octanol–water partition coefficient (Wildman–Crippen LogP) is 5.80. The molecule has 1 aliphatic rings. The van der Waals surface area contributed by atoms with E-state index in [0.717, 1.165) is 33.2 Å². The third kappa shape index (κ3) is 2.89. The molecule has 0 saturated heterocycles. The first-order chi connectivity index (χ1) is 14.6. The van der Waals surface area contributed by atoms with Gasteiger partial charge in [0.05, 0.1) is 11.6 Å². The summed E-state index contributed by atoms with van der Waals surface area (Å²) < 4.78 is 1.91. The van der Waals surface area contributed by atoms with Crippen molar-refractivity contribution in [2.75, 3.05) is 0 Å². The number of nitrogens with zero attached hydrogens (tertiary/aromatic N) is 3. The molecule has 0 atom stereocenters. The van der Waals surface area contributed by atoms with Gasteiger partial charge in [0.2, 0.25) is 11.0 Å². The van der Waals surface area contributed by atoms with Crippen LogP contribution in [0.3, 0.4) is 0 Å². The molecular formula is C24H18N4OS. The van der Waals surface area contributed by atoms with Crippen molar-refractivity contribution >= 4 is 46.1 Å². The van der Waals surface area contributed by atoms with E-state index in [0.29, 0.717) is 5.69 Å². The lowest BCUT2D eigenvalue weighted by atomic mass is 9.93. The van der Waals surface area contributed by atoms with Gasteiger partial charge in [-0.3, -0.25) is 4.57 Å². The second-order valence-electron chi connectivity index (χ2n) is 7.09. The fourth-order valence-electron chi connectivity index (χ4n) is 4.14. The molecule has 3 N–H and O–H groups in total. The number of hydrogen-bond acceptors (Lipinski definition) is 3. The Morgan fingerprint density at radius 1 is 0.867 bits per heavy atom. The quantitative estimate of drug-likeness (QED) is 0.285. The van der Waals surface area contributed by atoms with Crippen LogP contribution in [0.15, 0.2) is 83.0 Å². The first-order valence-corrected chi connectivity index (χ1v) is 9.95. The van der Waals surface area contributed by atoms with Gasteiger partial charge < -0.3 is 10.8 Å². The maximum Gasteiger partial charge on any atom is 0.221 e. The van der Waals surface area contributed by atoms with Crippen molar-refractivity contribution in [2.45, 2.75) is 6.04 Å². The molecule has 0 bridgehead atoms. The first kappa shape index (κ1) is 18.3. The minimum Gasteiger partial charge on any atom is -0.493 e. The molecule has 3 aromatic carbocycles. The average Bonchev–Trinajstić information content (AvgIpc) is 2.93. The number of thiocarbonyl (C=S) groups is 1. The number of nitrogens with two attached hydrogens (primary N) is 1. The smallest absolute Gasteiger partial charge is 0.221 e. The van der Waals surface area contributed by atoms with Crippen molar-refractivity contribution in [3.05, 3.63) is 95.1 Å². The van der Waals surface area contributed by atoms with Crippen LogP contribution >= 0.6 is 12.2 Å². The first-order valence-electron chi connectivity index (χ1n) is 9.54. The van der Waals surface area contributed by atoms with Crippen molar-refractivity contribution in [1.82, 2.24) is 4.57 Å². The van der Waals surface area contributed by atoms with E-state index in [1.807, 2.05) is 53.1 Å². The monoisotopic (exact) mass is 410 g/mol. The van der Waals surface area contributed by atoms with E-state index in [9.17, 15) is 5.11 Å². The molecule has 4 aromatic rings. The van der Waals surface area contributed by atoms with Gasteiger partial charge in [0.15, 0.2) is 5.69 Å². The average molecular weight is 411 g/mol. The number of fused-ring (bicyclic) bond motifs is 3.